The van der Waals surface area contributed by atoms with Crippen molar-refractivity contribution in [2.75, 3.05) is 14.2 Å². The van der Waals surface area contributed by atoms with Crippen molar-refractivity contribution in [3.63, 3.8) is 0 Å². The van der Waals surface area contributed by atoms with Crippen molar-refractivity contribution in [2.45, 2.75) is 18.1 Å². The Labute approximate surface area is 121 Å². The van der Waals surface area contributed by atoms with Gasteiger partial charge in [0.05, 0.1) is 32.5 Å². The van der Waals surface area contributed by atoms with Crippen LogP contribution in [0.5, 0.6) is 11.5 Å². The van der Waals surface area contributed by atoms with Crippen molar-refractivity contribution in [3.05, 3.63) is 17.5 Å². The van der Waals surface area contributed by atoms with Crippen LogP contribution in [0.1, 0.15) is 11.3 Å². The maximum Gasteiger partial charge on any atom is 0.573 e. The highest BCUT2D eigenvalue weighted by Gasteiger charge is 2.34. The Morgan fingerprint density at radius 2 is 2.05 bits per heavy atom. The number of carbonyl (C=O) groups is 1. The number of halogens is 4. The minimum atomic E-state index is -4.88. The zero-order chi connectivity index (χ0) is 15.3. The maximum absolute atomic E-state index is 12.3. The lowest BCUT2D eigenvalue weighted by atomic mass is 10.1. The van der Waals surface area contributed by atoms with Crippen molar-refractivity contribution in [2.24, 2.45) is 0 Å². The SMILES string of the molecule is COC(=O)Cc1c(CBr)ncc(OC(F)(F)F)c1OC. The molecule has 9 heteroatoms. The molecule has 0 radical (unpaired) electrons. The molecule has 0 aliphatic rings. The first-order valence-electron chi connectivity index (χ1n) is 5.25. The normalized spacial score (nSPS) is 11.1. The number of ether oxygens (including phenoxy) is 3. The van der Waals surface area contributed by atoms with Crippen molar-refractivity contribution >= 4 is 21.9 Å². The summed E-state index contributed by atoms with van der Waals surface area (Å²) in [4.78, 5) is 15.1. The molecule has 0 saturated carbocycles. The Bertz CT molecular complexity index is 493. The first-order chi connectivity index (χ1) is 9.32. The number of carbonyl (C=O) groups excluding carboxylic acids is 1. The van der Waals surface area contributed by atoms with Gasteiger partial charge >= 0.3 is 12.3 Å². The number of rotatable bonds is 5. The molecule has 0 fully saturated rings. The van der Waals surface area contributed by atoms with Crippen LogP contribution in [0.3, 0.4) is 0 Å². The summed E-state index contributed by atoms with van der Waals surface area (Å²) >= 11 is 3.14. The molecule has 1 aromatic rings. The van der Waals surface area contributed by atoms with Gasteiger partial charge in [-0.25, -0.2) is 0 Å². The second-order valence-corrected chi connectivity index (χ2v) is 4.08. The van der Waals surface area contributed by atoms with Crippen molar-refractivity contribution in [3.8, 4) is 11.5 Å². The van der Waals surface area contributed by atoms with E-state index in [-0.39, 0.29) is 23.1 Å². The van der Waals surface area contributed by atoms with Crippen molar-refractivity contribution in [1.82, 2.24) is 4.98 Å². The molecule has 0 unspecified atom stereocenters. The molecular weight excluding hydrogens is 347 g/mol. The van der Waals surface area contributed by atoms with E-state index in [0.717, 1.165) is 6.20 Å². The Kier molecular flexibility index (Phi) is 5.61. The van der Waals surface area contributed by atoms with Crippen molar-refractivity contribution in [1.29, 1.82) is 0 Å². The maximum atomic E-state index is 12.3. The predicted octanol–water partition coefficient (Wildman–Crippen LogP) is 2.60. The van der Waals surface area contributed by atoms with E-state index < -0.39 is 18.1 Å². The molecule has 0 amide bonds. The number of methoxy groups -OCH3 is 2. The summed E-state index contributed by atoms with van der Waals surface area (Å²) in [6.45, 7) is 0. The first kappa shape index (κ1) is 16.5. The van der Waals surface area contributed by atoms with Gasteiger partial charge < -0.3 is 14.2 Å². The highest BCUT2D eigenvalue weighted by Crippen LogP contribution is 2.36. The Morgan fingerprint density at radius 3 is 2.50 bits per heavy atom. The minimum absolute atomic E-state index is 0.179. The highest BCUT2D eigenvalue weighted by molar-refractivity contribution is 9.08. The van der Waals surface area contributed by atoms with E-state index in [1.165, 1.54) is 14.2 Å². The molecule has 0 aliphatic heterocycles. The van der Waals surface area contributed by atoms with Crippen LogP contribution in [-0.4, -0.2) is 31.5 Å². The van der Waals surface area contributed by atoms with E-state index in [2.05, 4.69) is 30.4 Å². The molecule has 0 aromatic carbocycles. The number of nitrogens with zero attached hydrogens (tertiary/aromatic N) is 1. The molecule has 0 atom stereocenters. The number of esters is 1. The Balaban J connectivity index is 3.28. The molecule has 5 nitrogen and oxygen atoms in total. The zero-order valence-electron chi connectivity index (χ0n) is 10.6. The smallest absolute Gasteiger partial charge is 0.492 e. The minimum Gasteiger partial charge on any atom is -0.492 e. The van der Waals surface area contributed by atoms with Gasteiger partial charge in [0.1, 0.15) is 0 Å². The summed E-state index contributed by atoms with van der Waals surface area (Å²) in [6.07, 6.45) is -4.26. The van der Waals surface area contributed by atoms with Gasteiger partial charge in [-0.05, 0) is 0 Å². The van der Waals surface area contributed by atoms with Crippen molar-refractivity contribution < 1.29 is 32.2 Å². The molecule has 0 spiro atoms. The highest BCUT2D eigenvalue weighted by atomic mass is 79.9. The number of hydrogen-bond acceptors (Lipinski definition) is 5. The zero-order valence-corrected chi connectivity index (χ0v) is 12.2. The Hall–Kier alpha value is -1.51. The molecular formula is C11H11BrF3NO4. The standard InChI is InChI=1S/C11H11BrF3NO4/c1-18-9(17)3-6-7(4-12)16-5-8(10(6)19-2)20-11(13,14)15/h5H,3-4H2,1-2H3. The van der Waals surface area contributed by atoms with Gasteiger partial charge in [0.15, 0.2) is 11.5 Å². The summed E-state index contributed by atoms with van der Waals surface area (Å²) in [5.41, 5.74) is 0.541. The molecule has 0 aliphatic carbocycles. The van der Waals surface area contributed by atoms with Gasteiger partial charge in [-0.1, -0.05) is 15.9 Å². The average Bonchev–Trinajstić information content (AvgIpc) is 2.37. The van der Waals surface area contributed by atoms with Crippen LogP contribution in [0.25, 0.3) is 0 Å². The summed E-state index contributed by atoms with van der Waals surface area (Å²) < 4.78 is 50.1. The molecule has 0 saturated heterocycles. The van der Waals surface area contributed by atoms with E-state index >= 15 is 0 Å². The van der Waals surface area contributed by atoms with E-state index in [1.54, 1.807) is 0 Å². The molecule has 1 aromatic heterocycles. The summed E-state index contributed by atoms with van der Waals surface area (Å²) in [5, 5.41) is 0.238. The van der Waals surface area contributed by atoms with Crippen LogP contribution < -0.4 is 9.47 Å². The first-order valence-corrected chi connectivity index (χ1v) is 6.37. The number of pyridine rings is 1. The fourth-order valence-electron chi connectivity index (χ4n) is 1.49. The quantitative estimate of drug-likeness (QED) is 0.598. The van der Waals surface area contributed by atoms with Crippen LogP contribution in [-0.2, 0) is 21.3 Å². The van der Waals surface area contributed by atoms with Crippen LogP contribution >= 0.6 is 15.9 Å². The van der Waals surface area contributed by atoms with Crippen LogP contribution in [0.4, 0.5) is 13.2 Å². The lowest BCUT2D eigenvalue weighted by Crippen LogP contribution is -2.19. The fourth-order valence-corrected chi connectivity index (χ4v) is 1.97. The van der Waals surface area contributed by atoms with Crippen LogP contribution in [0.2, 0.25) is 0 Å². The second-order valence-electron chi connectivity index (χ2n) is 3.52. The number of aromatic nitrogens is 1. The second kappa shape index (κ2) is 6.78. The van der Waals surface area contributed by atoms with E-state index in [1.807, 2.05) is 0 Å². The average molecular weight is 358 g/mol. The lowest BCUT2D eigenvalue weighted by Gasteiger charge is -2.16. The number of alkyl halides is 4. The van der Waals surface area contributed by atoms with Crippen LogP contribution in [0.15, 0.2) is 6.20 Å². The third kappa shape index (κ3) is 4.26. The summed E-state index contributed by atoms with van der Waals surface area (Å²) in [7, 11) is 2.35. The Morgan fingerprint density at radius 1 is 1.40 bits per heavy atom. The van der Waals surface area contributed by atoms with Gasteiger partial charge in [0.25, 0.3) is 0 Å². The lowest BCUT2D eigenvalue weighted by molar-refractivity contribution is -0.275. The molecule has 20 heavy (non-hydrogen) atoms. The fraction of sp³-hybridized carbons (Fsp3) is 0.455. The molecule has 1 rings (SSSR count). The monoisotopic (exact) mass is 357 g/mol. The summed E-state index contributed by atoms with van der Waals surface area (Å²) in [6, 6.07) is 0. The molecule has 0 N–H and O–H groups in total. The van der Waals surface area contributed by atoms with Gasteiger partial charge in [0.2, 0.25) is 0 Å². The van der Waals surface area contributed by atoms with E-state index in [4.69, 9.17) is 4.74 Å². The predicted molar refractivity (Wildman–Crippen MR) is 65.8 cm³/mol. The third-order valence-electron chi connectivity index (χ3n) is 2.29. The van der Waals surface area contributed by atoms with Gasteiger partial charge in [-0.15, -0.1) is 13.2 Å². The molecule has 112 valence electrons. The third-order valence-corrected chi connectivity index (χ3v) is 2.82. The molecule has 1 heterocycles. The molecule has 0 bridgehead atoms. The van der Waals surface area contributed by atoms with Gasteiger partial charge in [0, 0.05) is 10.9 Å². The van der Waals surface area contributed by atoms with E-state index in [0.29, 0.717) is 5.69 Å². The summed E-state index contributed by atoms with van der Waals surface area (Å²) in [5.74, 6) is -1.43. The number of hydrogen-bond donors (Lipinski definition) is 0. The largest absolute Gasteiger partial charge is 0.573 e. The topological polar surface area (TPSA) is 57.7 Å². The van der Waals surface area contributed by atoms with Gasteiger partial charge in [-0.3, -0.25) is 9.78 Å². The van der Waals surface area contributed by atoms with E-state index in [9.17, 15) is 18.0 Å². The van der Waals surface area contributed by atoms with Gasteiger partial charge in [-0.2, -0.15) is 0 Å². The van der Waals surface area contributed by atoms with Crippen LogP contribution in [0, 0.1) is 0 Å².